The maximum atomic E-state index is 12.3. The molecular formula is C17H26N4O3S+2. The molecule has 2 heterocycles. The van der Waals surface area contributed by atoms with Crippen LogP contribution in [0.5, 0.6) is 0 Å². The average molecular weight is 366 g/mol. The van der Waals surface area contributed by atoms with Crippen LogP contribution in [0, 0.1) is 10.1 Å². The van der Waals surface area contributed by atoms with E-state index < -0.39 is 0 Å². The number of benzene rings is 1. The first-order chi connectivity index (χ1) is 12.0. The summed E-state index contributed by atoms with van der Waals surface area (Å²) in [6, 6.07) is 6.67. The summed E-state index contributed by atoms with van der Waals surface area (Å²) >= 11 is 1.56. The van der Waals surface area contributed by atoms with Gasteiger partial charge in [-0.25, -0.2) is 0 Å². The van der Waals surface area contributed by atoms with Crippen LogP contribution >= 0.6 is 11.8 Å². The lowest BCUT2D eigenvalue weighted by molar-refractivity contribution is -1.00. The number of piperazine rings is 1. The normalized spacial score (nSPS) is 26.8. The molecule has 1 amide bonds. The number of amides is 1. The summed E-state index contributed by atoms with van der Waals surface area (Å²) in [5.74, 6) is 0.595. The predicted molar refractivity (Wildman–Crippen MR) is 96.8 cm³/mol. The number of carbonyl (C=O) groups is 1. The Labute approximate surface area is 152 Å². The fraction of sp³-hybridized carbons (Fsp3) is 0.588. The van der Waals surface area contributed by atoms with Crippen LogP contribution in [0.25, 0.3) is 0 Å². The molecule has 0 spiro atoms. The van der Waals surface area contributed by atoms with Gasteiger partial charge in [0.1, 0.15) is 31.6 Å². The minimum absolute atomic E-state index is 0.0850. The Morgan fingerprint density at radius 1 is 1.32 bits per heavy atom. The number of rotatable bonds is 6. The zero-order valence-corrected chi connectivity index (χ0v) is 15.4. The summed E-state index contributed by atoms with van der Waals surface area (Å²) in [6.07, 6.45) is 0.978. The monoisotopic (exact) mass is 366 g/mol. The van der Waals surface area contributed by atoms with Gasteiger partial charge in [-0.3, -0.25) is 14.9 Å². The number of nitro groups is 1. The Balaban J connectivity index is 1.58. The van der Waals surface area contributed by atoms with E-state index in [2.05, 4.69) is 7.05 Å². The van der Waals surface area contributed by atoms with E-state index in [9.17, 15) is 14.9 Å². The molecule has 0 bridgehead atoms. The number of nitrogens with zero attached hydrogens (tertiary/aromatic N) is 2. The molecule has 0 saturated carbocycles. The zero-order valence-electron chi connectivity index (χ0n) is 14.6. The van der Waals surface area contributed by atoms with Crippen molar-refractivity contribution in [1.29, 1.82) is 0 Å². The van der Waals surface area contributed by atoms with Gasteiger partial charge in [-0.15, -0.1) is 11.8 Å². The number of carbonyl (C=O) groups excluding carboxylic acids is 1. The van der Waals surface area contributed by atoms with Crippen molar-refractivity contribution in [2.45, 2.75) is 11.8 Å². The fourth-order valence-corrected chi connectivity index (χ4v) is 4.75. The molecule has 3 rings (SSSR count). The van der Waals surface area contributed by atoms with Crippen LogP contribution < -0.4 is 9.80 Å². The molecule has 1 aromatic rings. The number of thioether (sulfide) groups is 1. The number of nitrogens with one attached hydrogen (secondary N) is 2. The van der Waals surface area contributed by atoms with Gasteiger partial charge in [-0.2, -0.15) is 0 Å². The fourth-order valence-electron chi connectivity index (χ4n) is 3.54. The molecular weight excluding hydrogens is 340 g/mol. The third-order valence-electron chi connectivity index (χ3n) is 5.07. The quantitative estimate of drug-likeness (QED) is 0.499. The Kier molecular flexibility index (Phi) is 5.93. The predicted octanol–water partition coefficient (Wildman–Crippen LogP) is -1.03. The van der Waals surface area contributed by atoms with Crippen molar-refractivity contribution in [2.24, 2.45) is 0 Å². The Morgan fingerprint density at radius 3 is 2.80 bits per heavy atom. The number of non-ortho nitro benzene ring substituents is 1. The van der Waals surface area contributed by atoms with E-state index in [-0.39, 0.29) is 21.9 Å². The number of nitro benzene ring substituents is 1. The van der Waals surface area contributed by atoms with Crippen LogP contribution in [0.3, 0.4) is 0 Å². The first-order valence-electron chi connectivity index (χ1n) is 8.85. The molecule has 0 aromatic heterocycles. The molecule has 0 unspecified atom stereocenters. The highest BCUT2D eigenvalue weighted by Crippen LogP contribution is 2.39. The van der Waals surface area contributed by atoms with E-state index in [0.29, 0.717) is 5.75 Å². The van der Waals surface area contributed by atoms with Crippen LogP contribution in [0.15, 0.2) is 24.3 Å². The lowest BCUT2D eigenvalue weighted by Crippen LogP contribution is -3.27. The third-order valence-corrected chi connectivity index (χ3v) is 6.33. The molecule has 136 valence electrons. The van der Waals surface area contributed by atoms with Crippen LogP contribution in [0.1, 0.15) is 17.4 Å². The molecule has 0 radical (unpaired) electrons. The third kappa shape index (κ3) is 4.50. The molecule has 2 fully saturated rings. The van der Waals surface area contributed by atoms with Gasteiger partial charge in [0.2, 0.25) is 5.91 Å². The van der Waals surface area contributed by atoms with Crippen molar-refractivity contribution >= 4 is 23.4 Å². The second-order valence-electron chi connectivity index (χ2n) is 6.91. The molecule has 8 heteroatoms. The highest BCUT2D eigenvalue weighted by atomic mass is 32.2. The first-order valence-corrected chi connectivity index (χ1v) is 9.90. The lowest BCUT2D eigenvalue weighted by Gasteiger charge is -2.29. The van der Waals surface area contributed by atoms with Crippen LogP contribution in [0.2, 0.25) is 0 Å². The number of likely N-dealkylation sites (N-methyl/N-ethyl adjacent to an activating group) is 1. The topological polar surface area (TPSA) is 72.3 Å². The van der Waals surface area contributed by atoms with Crippen molar-refractivity contribution in [3.63, 3.8) is 0 Å². The van der Waals surface area contributed by atoms with E-state index in [0.717, 1.165) is 25.1 Å². The summed E-state index contributed by atoms with van der Waals surface area (Å²) in [6.45, 7) is 6.63. The van der Waals surface area contributed by atoms with E-state index in [1.165, 1.54) is 32.2 Å². The van der Waals surface area contributed by atoms with Crippen LogP contribution in [-0.2, 0) is 4.79 Å². The van der Waals surface area contributed by atoms with Crippen LogP contribution in [-0.4, -0.2) is 67.8 Å². The number of hydrogen-bond acceptors (Lipinski definition) is 4. The minimum atomic E-state index is -0.381. The number of quaternary nitrogens is 2. The number of hydrogen-bond donors (Lipinski definition) is 2. The Morgan fingerprint density at radius 2 is 2.08 bits per heavy atom. The van der Waals surface area contributed by atoms with E-state index in [1.54, 1.807) is 33.7 Å². The Hall–Kier alpha value is -1.64. The van der Waals surface area contributed by atoms with Gasteiger partial charge in [0.05, 0.1) is 24.3 Å². The maximum Gasteiger partial charge on any atom is 0.269 e. The smallest absolute Gasteiger partial charge is 0.269 e. The SMILES string of the molecule is C[NH+]1CC[NH+](CCCN2C(=O)CS[C@@H]2c2cccc([N+](=O)[O-])c2)CC1. The highest BCUT2D eigenvalue weighted by molar-refractivity contribution is 8.00. The van der Waals surface area contributed by atoms with Gasteiger partial charge in [-0.05, 0) is 5.56 Å². The molecule has 2 aliphatic rings. The van der Waals surface area contributed by atoms with Gasteiger partial charge in [0.15, 0.2) is 0 Å². The summed E-state index contributed by atoms with van der Waals surface area (Å²) in [5.41, 5.74) is 0.933. The highest BCUT2D eigenvalue weighted by Gasteiger charge is 2.33. The lowest BCUT2D eigenvalue weighted by atomic mass is 10.1. The molecule has 2 aliphatic heterocycles. The summed E-state index contributed by atoms with van der Waals surface area (Å²) in [7, 11) is 2.24. The maximum absolute atomic E-state index is 12.3. The van der Waals surface area contributed by atoms with Gasteiger partial charge >= 0.3 is 0 Å². The molecule has 7 nitrogen and oxygen atoms in total. The van der Waals surface area contributed by atoms with Gasteiger partial charge in [0, 0.05) is 25.1 Å². The molecule has 2 N–H and O–H groups in total. The second-order valence-corrected chi connectivity index (χ2v) is 7.98. The van der Waals surface area contributed by atoms with Crippen molar-refractivity contribution in [3.8, 4) is 0 Å². The van der Waals surface area contributed by atoms with E-state index in [1.807, 2.05) is 11.0 Å². The molecule has 1 aromatic carbocycles. The second kappa shape index (κ2) is 8.16. The molecule has 0 aliphatic carbocycles. The zero-order chi connectivity index (χ0) is 17.8. The first kappa shape index (κ1) is 18.2. The molecule has 25 heavy (non-hydrogen) atoms. The van der Waals surface area contributed by atoms with E-state index >= 15 is 0 Å². The van der Waals surface area contributed by atoms with E-state index in [4.69, 9.17) is 0 Å². The van der Waals surface area contributed by atoms with Gasteiger partial charge in [-0.1, -0.05) is 12.1 Å². The average Bonchev–Trinajstić information content (AvgIpc) is 2.98. The van der Waals surface area contributed by atoms with Gasteiger partial charge in [0.25, 0.3) is 5.69 Å². The largest absolute Gasteiger partial charge is 0.328 e. The minimum Gasteiger partial charge on any atom is -0.328 e. The van der Waals surface area contributed by atoms with Crippen molar-refractivity contribution in [3.05, 3.63) is 39.9 Å². The van der Waals surface area contributed by atoms with Crippen molar-refractivity contribution in [1.82, 2.24) is 4.90 Å². The summed E-state index contributed by atoms with van der Waals surface area (Å²) in [4.78, 5) is 28.0. The van der Waals surface area contributed by atoms with Crippen LogP contribution in [0.4, 0.5) is 5.69 Å². The summed E-state index contributed by atoms with van der Waals surface area (Å²) in [5, 5.41) is 10.9. The molecule has 1 atom stereocenters. The van der Waals surface area contributed by atoms with Crippen molar-refractivity contribution < 1.29 is 19.5 Å². The van der Waals surface area contributed by atoms with Crippen molar-refractivity contribution in [2.75, 3.05) is 52.1 Å². The summed E-state index contributed by atoms with van der Waals surface area (Å²) < 4.78 is 0. The Bertz CT molecular complexity index is 634. The molecule has 2 saturated heterocycles. The van der Waals surface area contributed by atoms with Gasteiger partial charge < -0.3 is 14.7 Å². The standard InChI is InChI=1S/C17H24N4O3S/c1-18-8-10-19(11-9-18)6-3-7-20-16(22)13-25-17(20)14-4-2-5-15(12-14)21(23)24/h2,4-5,12,17H,3,6-11,13H2,1H3/p+2/t17-/m1/s1.